The van der Waals surface area contributed by atoms with Gasteiger partial charge in [0.15, 0.2) is 0 Å². The molecule has 0 fully saturated rings. The lowest BCUT2D eigenvalue weighted by molar-refractivity contribution is 0.149. The summed E-state index contributed by atoms with van der Waals surface area (Å²) in [4.78, 5) is 11.0. The van der Waals surface area contributed by atoms with Crippen LogP contribution in [0, 0.1) is 0 Å². The number of rotatable bonds is 4. The number of carbonyl (C=O) groups excluding carboxylic acids is 1. The molecule has 0 bridgehead atoms. The third kappa shape index (κ3) is 5.93. The van der Waals surface area contributed by atoms with Crippen LogP contribution in [0.3, 0.4) is 0 Å². The molecule has 0 saturated heterocycles. The van der Waals surface area contributed by atoms with Crippen molar-refractivity contribution in [2.45, 2.75) is 6.54 Å². The molecule has 15 heavy (non-hydrogen) atoms. The molecule has 0 aliphatic heterocycles. The van der Waals surface area contributed by atoms with Crippen LogP contribution in [-0.4, -0.2) is 19.2 Å². The minimum atomic E-state index is -0.431. The van der Waals surface area contributed by atoms with Crippen LogP contribution < -0.4 is 11.1 Å². The molecule has 0 saturated carbocycles. The zero-order chi connectivity index (χ0) is 10.2. The van der Waals surface area contributed by atoms with E-state index in [9.17, 15) is 4.79 Å². The first-order chi connectivity index (χ1) is 6.83. The molecule has 0 aliphatic rings. The Labute approximate surface area is 95.2 Å². The summed E-state index contributed by atoms with van der Waals surface area (Å²) in [6.45, 7) is 1.07. The topological polar surface area (TPSA) is 64.3 Å². The van der Waals surface area contributed by atoms with Gasteiger partial charge in [-0.2, -0.15) is 0 Å². The Balaban J connectivity index is 0.00000196. The molecule has 0 atom stereocenters. The second-order valence-electron chi connectivity index (χ2n) is 2.76. The SMILES string of the molecule is Cl.NCCOC(=O)NCc1ccccc1. The maximum atomic E-state index is 11.0. The summed E-state index contributed by atoms with van der Waals surface area (Å²) in [6, 6.07) is 9.63. The summed E-state index contributed by atoms with van der Waals surface area (Å²) in [5.74, 6) is 0. The van der Waals surface area contributed by atoms with Gasteiger partial charge in [0.25, 0.3) is 0 Å². The first-order valence-electron chi connectivity index (χ1n) is 4.47. The minimum Gasteiger partial charge on any atom is -0.448 e. The van der Waals surface area contributed by atoms with Crippen molar-refractivity contribution in [3.8, 4) is 0 Å². The summed E-state index contributed by atoms with van der Waals surface area (Å²) < 4.78 is 4.74. The molecule has 1 rings (SSSR count). The molecular formula is C10H15ClN2O2. The van der Waals surface area contributed by atoms with Gasteiger partial charge in [-0.3, -0.25) is 0 Å². The normalized spacial score (nSPS) is 8.87. The van der Waals surface area contributed by atoms with Crippen molar-refractivity contribution < 1.29 is 9.53 Å². The van der Waals surface area contributed by atoms with Crippen molar-refractivity contribution in [2.24, 2.45) is 5.73 Å². The molecule has 1 aromatic rings. The number of hydrogen-bond donors (Lipinski definition) is 2. The molecule has 0 unspecified atom stereocenters. The van der Waals surface area contributed by atoms with E-state index < -0.39 is 6.09 Å². The Morgan fingerprint density at radius 2 is 2.00 bits per heavy atom. The van der Waals surface area contributed by atoms with Gasteiger partial charge in [0.2, 0.25) is 0 Å². The van der Waals surface area contributed by atoms with Gasteiger partial charge in [0.05, 0.1) is 0 Å². The lowest BCUT2D eigenvalue weighted by Gasteiger charge is -2.05. The van der Waals surface area contributed by atoms with E-state index in [1.807, 2.05) is 30.3 Å². The van der Waals surface area contributed by atoms with Crippen molar-refractivity contribution >= 4 is 18.5 Å². The highest BCUT2D eigenvalue weighted by Gasteiger charge is 1.99. The standard InChI is InChI=1S/C10H14N2O2.ClH/c11-6-7-14-10(13)12-8-9-4-2-1-3-5-9;/h1-5H,6-8,11H2,(H,12,13);1H. The van der Waals surface area contributed by atoms with Crippen LogP contribution >= 0.6 is 12.4 Å². The van der Waals surface area contributed by atoms with Crippen LogP contribution in [0.1, 0.15) is 5.56 Å². The van der Waals surface area contributed by atoms with Crippen LogP contribution in [0.2, 0.25) is 0 Å². The van der Waals surface area contributed by atoms with Crippen molar-refractivity contribution in [1.82, 2.24) is 5.32 Å². The molecule has 0 radical (unpaired) electrons. The average Bonchev–Trinajstić information content (AvgIpc) is 2.25. The summed E-state index contributed by atoms with van der Waals surface area (Å²) in [5, 5.41) is 2.62. The number of carbonyl (C=O) groups is 1. The van der Waals surface area contributed by atoms with E-state index in [1.54, 1.807) is 0 Å². The predicted octanol–water partition coefficient (Wildman–Crippen LogP) is 1.29. The maximum Gasteiger partial charge on any atom is 0.407 e. The molecule has 1 aromatic carbocycles. The zero-order valence-electron chi connectivity index (χ0n) is 8.31. The highest BCUT2D eigenvalue weighted by molar-refractivity contribution is 5.85. The smallest absolute Gasteiger partial charge is 0.407 e. The number of amides is 1. The molecule has 0 heterocycles. The highest BCUT2D eigenvalue weighted by Crippen LogP contribution is 1.97. The first kappa shape index (κ1) is 13.7. The fourth-order valence-electron chi connectivity index (χ4n) is 0.973. The fourth-order valence-corrected chi connectivity index (χ4v) is 0.973. The van der Waals surface area contributed by atoms with Gasteiger partial charge < -0.3 is 15.8 Å². The average molecular weight is 231 g/mol. The van der Waals surface area contributed by atoms with Crippen molar-refractivity contribution in [2.75, 3.05) is 13.2 Å². The molecule has 84 valence electrons. The third-order valence-electron chi connectivity index (χ3n) is 1.63. The van der Waals surface area contributed by atoms with Crippen molar-refractivity contribution in [3.05, 3.63) is 35.9 Å². The molecule has 5 heteroatoms. The highest BCUT2D eigenvalue weighted by atomic mass is 35.5. The Hall–Kier alpha value is -1.26. The summed E-state index contributed by atoms with van der Waals surface area (Å²) in [6.07, 6.45) is -0.431. The number of nitrogens with one attached hydrogen (secondary N) is 1. The van der Waals surface area contributed by atoms with Crippen LogP contribution in [0.4, 0.5) is 4.79 Å². The zero-order valence-corrected chi connectivity index (χ0v) is 9.13. The lowest BCUT2D eigenvalue weighted by Crippen LogP contribution is -2.25. The van der Waals surface area contributed by atoms with Gasteiger partial charge in [-0.25, -0.2) is 4.79 Å². The quantitative estimate of drug-likeness (QED) is 0.820. The van der Waals surface area contributed by atoms with E-state index in [0.29, 0.717) is 13.1 Å². The summed E-state index contributed by atoms with van der Waals surface area (Å²) in [7, 11) is 0. The molecular weight excluding hydrogens is 216 g/mol. The Bertz CT molecular complexity index is 280. The molecule has 1 amide bonds. The van der Waals surface area contributed by atoms with E-state index >= 15 is 0 Å². The maximum absolute atomic E-state index is 11.0. The van der Waals surface area contributed by atoms with Crippen molar-refractivity contribution in [3.63, 3.8) is 0 Å². The number of alkyl carbamates (subject to hydrolysis) is 1. The van der Waals surface area contributed by atoms with E-state index in [0.717, 1.165) is 5.56 Å². The minimum absolute atomic E-state index is 0. The van der Waals surface area contributed by atoms with Gasteiger partial charge in [0, 0.05) is 13.1 Å². The van der Waals surface area contributed by atoms with E-state index in [2.05, 4.69) is 5.32 Å². The largest absolute Gasteiger partial charge is 0.448 e. The summed E-state index contributed by atoms with van der Waals surface area (Å²) >= 11 is 0. The Kier molecular flexibility index (Phi) is 7.40. The predicted molar refractivity (Wildman–Crippen MR) is 60.9 cm³/mol. The fraction of sp³-hybridized carbons (Fsp3) is 0.300. The van der Waals surface area contributed by atoms with Gasteiger partial charge in [-0.1, -0.05) is 30.3 Å². The van der Waals surface area contributed by atoms with E-state index in [4.69, 9.17) is 10.5 Å². The molecule has 3 N–H and O–H groups in total. The Morgan fingerprint density at radius 3 is 2.60 bits per heavy atom. The first-order valence-corrected chi connectivity index (χ1v) is 4.47. The second kappa shape index (κ2) is 8.08. The van der Waals surface area contributed by atoms with Crippen LogP contribution in [0.5, 0.6) is 0 Å². The van der Waals surface area contributed by atoms with Gasteiger partial charge in [-0.15, -0.1) is 12.4 Å². The monoisotopic (exact) mass is 230 g/mol. The number of benzene rings is 1. The summed E-state index contributed by atoms with van der Waals surface area (Å²) in [5.41, 5.74) is 6.22. The molecule has 0 spiro atoms. The van der Waals surface area contributed by atoms with Gasteiger partial charge in [0.1, 0.15) is 6.61 Å². The molecule has 0 aliphatic carbocycles. The third-order valence-corrected chi connectivity index (χ3v) is 1.63. The second-order valence-corrected chi connectivity index (χ2v) is 2.76. The van der Waals surface area contributed by atoms with Crippen LogP contribution in [-0.2, 0) is 11.3 Å². The number of hydrogen-bond acceptors (Lipinski definition) is 3. The number of halogens is 1. The van der Waals surface area contributed by atoms with Crippen LogP contribution in [0.25, 0.3) is 0 Å². The van der Waals surface area contributed by atoms with E-state index in [-0.39, 0.29) is 19.0 Å². The number of ether oxygens (including phenoxy) is 1. The van der Waals surface area contributed by atoms with Gasteiger partial charge in [-0.05, 0) is 5.56 Å². The van der Waals surface area contributed by atoms with Crippen LogP contribution in [0.15, 0.2) is 30.3 Å². The molecule has 4 nitrogen and oxygen atoms in total. The van der Waals surface area contributed by atoms with E-state index in [1.165, 1.54) is 0 Å². The lowest BCUT2D eigenvalue weighted by atomic mass is 10.2. The Morgan fingerprint density at radius 1 is 1.33 bits per heavy atom. The van der Waals surface area contributed by atoms with Crippen molar-refractivity contribution in [1.29, 1.82) is 0 Å². The molecule has 0 aromatic heterocycles. The van der Waals surface area contributed by atoms with Gasteiger partial charge >= 0.3 is 6.09 Å². The number of nitrogens with two attached hydrogens (primary N) is 1.